The van der Waals surface area contributed by atoms with Crippen molar-refractivity contribution in [3.05, 3.63) is 41.5 Å². The summed E-state index contributed by atoms with van der Waals surface area (Å²) >= 11 is 0. The Bertz CT molecular complexity index is 664. The quantitative estimate of drug-likeness (QED) is 0.521. The summed E-state index contributed by atoms with van der Waals surface area (Å²) in [5.41, 5.74) is 7.56. The molecule has 1 aromatic rings. The second-order valence-electron chi connectivity index (χ2n) is 7.23. The molecule has 0 radical (unpaired) electrons. The van der Waals surface area contributed by atoms with E-state index >= 15 is 0 Å². The highest BCUT2D eigenvalue weighted by atomic mass is 16.7. The number of benzene rings is 1. The number of fused-ring (bicyclic) bond motifs is 2. The number of nitrogen functional groups attached to an aromatic ring is 1. The van der Waals surface area contributed by atoms with E-state index in [9.17, 15) is 4.79 Å². The minimum Gasteiger partial charge on any atom is -0.452 e. The van der Waals surface area contributed by atoms with Gasteiger partial charge in [0.15, 0.2) is 5.79 Å². The van der Waals surface area contributed by atoms with Gasteiger partial charge >= 0.3 is 5.97 Å². The smallest absolute Gasteiger partial charge is 0.338 e. The Kier molecular flexibility index (Phi) is 4.18. The number of esters is 1. The molecule has 130 valence electrons. The molecule has 5 nitrogen and oxygen atoms in total. The number of ether oxygens (including phenoxy) is 3. The molecule has 1 aromatic carbocycles. The number of rotatable bonds is 4. The molecule has 5 heteroatoms. The zero-order valence-electron chi connectivity index (χ0n) is 14.7. The number of hydrogen-bond acceptors (Lipinski definition) is 5. The van der Waals surface area contributed by atoms with Gasteiger partial charge in [-0.2, -0.15) is 0 Å². The third-order valence-corrected chi connectivity index (χ3v) is 4.86. The Balaban J connectivity index is 1.84. The lowest BCUT2D eigenvalue weighted by molar-refractivity contribution is -0.219. The van der Waals surface area contributed by atoms with Crippen LogP contribution in [0.2, 0.25) is 0 Å². The number of hydrogen-bond donors (Lipinski definition) is 1. The second-order valence-corrected chi connectivity index (χ2v) is 7.23. The summed E-state index contributed by atoms with van der Waals surface area (Å²) in [5, 5.41) is 0. The first-order valence-corrected chi connectivity index (χ1v) is 8.34. The minimum atomic E-state index is -0.687. The SMILES string of the molecule is CCOC12CC(C)(C)C(O1)C(OC(=O)c1ccc(N)cc1)C=C2C. The molecule has 3 rings (SSSR count). The largest absolute Gasteiger partial charge is 0.452 e. The van der Waals surface area contributed by atoms with Crippen molar-refractivity contribution in [2.45, 2.75) is 52.1 Å². The summed E-state index contributed by atoms with van der Waals surface area (Å²) in [5.74, 6) is -1.06. The number of anilines is 1. The fourth-order valence-electron chi connectivity index (χ4n) is 3.65. The summed E-state index contributed by atoms with van der Waals surface area (Å²) in [7, 11) is 0. The Hall–Kier alpha value is -1.85. The third-order valence-electron chi connectivity index (χ3n) is 4.86. The van der Waals surface area contributed by atoms with Gasteiger partial charge in [-0.25, -0.2) is 4.79 Å². The van der Waals surface area contributed by atoms with Gasteiger partial charge in [0, 0.05) is 24.1 Å². The molecular formula is C19H25NO4. The Morgan fingerprint density at radius 3 is 2.62 bits per heavy atom. The molecule has 3 atom stereocenters. The molecule has 0 saturated carbocycles. The fourth-order valence-corrected chi connectivity index (χ4v) is 3.65. The third kappa shape index (κ3) is 2.82. The van der Waals surface area contributed by atoms with Gasteiger partial charge in [0.25, 0.3) is 0 Å². The van der Waals surface area contributed by atoms with Crippen molar-refractivity contribution in [2.75, 3.05) is 12.3 Å². The van der Waals surface area contributed by atoms with E-state index in [1.54, 1.807) is 24.3 Å². The molecule has 3 unspecified atom stereocenters. The molecule has 24 heavy (non-hydrogen) atoms. The first-order valence-electron chi connectivity index (χ1n) is 8.34. The van der Waals surface area contributed by atoms with Crippen LogP contribution in [0.3, 0.4) is 0 Å². The normalized spacial score (nSPS) is 30.8. The molecule has 0 amide bonds. The van der Waals surface area contributed by atoms with Crippen molar-refractivity contribution >= 4 is 11.7 Å². The molecule has 0 spiro atoms. The summed E-state index contributed by atoms with van der Waals surface area (Å²) in [6.45, 7) is 8.74. The maximum Gasteiger partial charge on any atom is 0.338 e. The maximum absolute atomic E-state index is 12.4. The van der Waals surface area contributed by atoms with E-state index in [1.807, 2.05) is 19.9 Å². The molecule has 0 aromatic heterocycles. The van der Waals surface area contributed by atoms with E-state index < -0.39 is 11.9 Å². The molecule has 1 saturated heterocycles. The van der Waals surface area contributed by atoms with Gasteiger partial charge in [-0.1, -0.05) is 13.8 Å². The van der Waals surface area contributed by atoms with Gasteiger partial charge in [-0.3, -0.25) is 0 Å². The van der Waals surface area contributed by atoms with Gasteiger partial charge in [-0.05, 0) is 49.8 Å². The van der Waals surface area contributed by atoms with Crippen LogP contribution >= 0.6 is 0 Å². The van der Waals surface area contributed by atoms with E-state index in [1.165, 1.54) is 0 Å². The monoisotopic (exact) mass is 331 g/mol. The van der Waals surface area contributed by atoms with Crippen molar-refractivity contribution < 1.29 is 19.0 Å². The molecule has 2 N–H and O–H groups in total. The number of carbonyl (C=O) groups excluding carboxylic acids is 1. The summed E-state index contributed by atoms with van der Waals surface area (Å²) in [4.78, 5) is 12.4. The Labute approximate surface area is 142 Å². The van der Waals surface area contributed by atoms with Crippen LogP contribution in [-0.4, -0.2) is 30.6 Å². The minimum absolute atomic E-state index is 0.157. The molecule has 2 bridgehead atoms. The molecule has 2 aliphatic rings. The van der Waals surface area contributed by atoms with Crippen LogP contribution < -0.4 is 5.73 Å². The Morgan fingerprint density at radius 2 is 2.00 bits per heavy atom. The highest BCUT2D eigenvalue weighted by Gasteiger charge is 2.58. The average molecular weight is 331 g/mol. The van der Waals surface area contributed by atoms with Crippen LogP contribution in [0.4, 0.5) is 5.69 Å². The lowest BCUT2D eigenvalue weighted by Gasteiger charge is -2.36. The molecule has 2 heterocycles. The number of nitrogens with two attached hydrogens (primary N) is 1. The van der Waals surface area contributed by atoms with Crippen molar-refractivity contribution in [1.29, 1.82) is 0 Å². The Morgan fingerprint density at radius 1 is 1.33 bits per heavy atom. The molecule has 1 fully saturated rings. The van der Waals surface area contributed by atoms with E-state index in [0.29, 0.717) is 17.9 Å². The summed E-state index contributed by atoms with van der Waals surface area (Å²) in [6, 6.07) is 6.72. The van der Waals surface area contributed by atoms with E-state index in [2.05, 4.69) is 13.8 Å². The lowest BCUT2D eigenvalue weighted by Crippen LogP contribution is -2.44. The van der Waals surface area contributed by atoms with Crippen molar-refractivity contribution in [1.82, 2.24) is 0 Å². The van der Waals surface area contributed by atoms with Crippen molar-refractivity contribution in [2.24, 2.45) is 5.41 Å². The van der Waals surface area contributed by atoms with Crippen LogP contribution in [0.15, 0.2) is 35.9 Å². The molecule has 2 aliphatic heterocycles. The molecular weight excluding hydrogens is 306 g/mol. The second kappa shape index (κ2) is 5.90. The van der Waals surface area contributed by atoms with Crippen LogP contribution in [0.25, 0.3) is 0 Å². The predicted octanol–water partition coefficient (Wildman–Crippen LogP) is 3.30. The van der Waals surface area contributed by atoms with Crippen LogP contribution in [0.5, 0.6) is 0 Å². The van der Waals surface area contributed by atoms with Gasteiger partial charge in [-0.15, -0.1) is 0 Å². The highest BCUT2D eigenvalue weighted by molar-refractivity contribution is 5.90. The van der Waals surface area contributed by atoms with E-state index in [0.717, 1.165) is 12.0 Å². The lowest BCUT2D eigenvalue weighted by atomic mass is 9.82. The maximum atomic E-state index is 12.4. The van der Waals surface area contributed by atoms with Crippen molar-refractivity contribution in [3.63, 3.8) is 0 Å². The highest BCUT2D eigenvalue weighted by Crippen LogP contribution is 2.52. The predicted molar refractivity (Wildman–Crippen MR) is 91.4 cm³/mol. The standard InChI is InChI=1S/C19H25NO4/c1-5-22-19-11-18(3,4)16(24-19)15(10-12(19)2)23-17(21)13-6-8-14(20)9-7-13/h6-10,15-16H,5,11,20H2,1-4H3. The summed E-state index contributed by atoms with van der Waals surface area (Å²) < 4.78 is 17.9. The van der Waals surface area contributed by atoms with Crippen molar-refractivity contribution in [3.8, 4) is 0 Å². The van der Waals surface area contributed by atoms with E-state index in [-0.39, 0.29) is 17.5 Å². The topological polar surface area (TPSA) is 70.8 Å². The first kappa shape index (κ1) is 17.0. The zero-order valence-corrected chi connectivity index (χ0v) is 14.7. The van der Waals surface area contributed by atoms with Crippen LogP contribution in [0, 0.1) is 5.41 Å². The van der Waals surface area contributed by atoms with Gasteiger partial charge in [0.2, 0.25) is 0 Å². The fraction of sp³-hybridized carbons (Fsp3) is 0.526. The van der Waals surface area contributed by atoms with Gasteiger partial charge < -0.3 is 19.9 Å². The van der Waals surface area contributed by atoms with Gasteiger partial charge in [0.1, 0.15) is 12.2 Å². The zero-order chi connectivity index (χ0) is 17.5. The number of carbonyl (C=O) groups is 1. The molecule has 0 aliphatic carbocycles. The average Bonchev–Trinajstić information content (AvgIpc) is 2.75. The first-order chi connectivity index (χ1) is 11.3. The van der Waals surface area contributed by atoms with Gasteiger partial charge in [0.05, 0.1) is 5.56 Å². The summed E-state index contributed by atoms with van der Waals surface area (Å²) in [6.07, 6.45) is 2.05. The van der Waals surface area contributed by atoms with E-state index in [4.69, 9.17) is 19.9 Å². The van der Waals surface area contributed by atoms with Crippen LogP contribution in [-0.2, 0) is 14.2 Å². The van der Waals surface area contributed by atoms with Crippen LogP contribution in [0.1, 0.15) is 44.5 Å².